The summed E-state index contributed by atoms with van der Waals surface area (Å²) in [5.74, 6) is -0.674. The minimum atomic E-state index is -0.963. The van der Waals surface area contributed by atoms with Gasteiger partial charge in [-0.15, -0.1) is 0 Å². The number of carboxylic acids is 1. The lowest BCUT2D eigenvalue weighted by atomic mass is 10.1. The summed E-state index contributed by atoms with van der Waals surface area (Å²) in [4.78, 5) is 35.7. The number of aromatic nitrogens is 3. The molecule has 1 saturated heterocycles. The average Bonchev–Trinajstić information content (AvgIpc) is 3.77. The largest absolute Gasteiger partial charge is 0.478 e. The fourth-order valence-electron chi connectivity index (χ4n) is 6.08. The van der Waals surface area contributed by atoms with E-state index < -0.39 is 11.8 Å². The van der Waals surface area contributed by atoms with Gasteiger partial charge in [0.15, 0.2) is 11.6 Å². The van der Waals surface area contributed by atoms with Crippen molar-refractivity contribution in [2.75, 3.05) is 25.1 Å². The number of nitrogens with one attached hydrogen (secondary N) is 5. The highest BCUT2D eigenvalue weighted by molar-refractivity contribution is 6.09. The van der Waals surface area contributed by atoms with Gasteiger partial charge in [-0.25, -0.2) is 19.6 Å². The van der Waals surface area contributed by atoms with Crippen LogP contribution < -0.4 is 21.3 Å². The van der Waals surface area contributed by atoms with Crippen LogP contribution in [0.2, 0.25) is 0 Å². The molecule has 43 heavy (non-hydrogen) atoms. The molecule has 2 fully saturated rings. The number of carbonyl (C=O) groups is 2. The molecule has 6 N–H and O–H groups in total. The number of imidazole rings is 1. The van der Waals surface area contributed by atoms with Crippen molar-refractivity contribution in [3.8, 4) is 0 Å². The number of aromatic carboxylic acids is 1. The van der Waals surface area contributed by atoms with Crippen LogP contribution >= 0.6 is 0 Å². The van der Waals surface area contributed by atoms with Gasteiger partial charge in [0.25, 0.3) is 0 Å². The summed E-state index contributed by atoms with van der Waals surface area (Å²) in [6, 6.07) is 9.54. The van der Waals surface area contributed by atoms with Crippen molar-refractivity contribution >= 4 is 29.7 Å². The third-order valence-electron chi connectivity index (χ3n) is 8.04. The number of carboxylic acid groups (broad SMARTS) is 1. The molecule has 6 rings (SSSR count). The number of nitrogens with zero attached hydrogens (tertiary/aromatic N) is 3. The number of fused-ring (bicyclic) bond motifs is 2. The van der Waals surface area contributed by atoms with E-state index in [-0.39, 0.29) is 35.8 Å². The van der Waals surface area contributed by atoms with Gasteiger partial charge in [-0.1, -0.05) is 36.4 Å². The number of amidine groups is 1. The van der Waals surface area contributed by atoms with E-state index in [4.69, 9.17) is 9.47 Å². The molecule has 2 aromatic heterocycles. The average molecular weight is 589 g/mol. The van der Waals surface area contributed by atoms with Gasteiger partial charge >= 0.3 is 12.0 Å². The highest BCUT2D eigenvalue weighted by Crippen LogP contribution is 2.48. The number of aliphatic imine (C=N–C) groups is 1. The molecule has 0 radical (unpaired) electrons. The Labute approximate surface area is 248 Å². The number of amides is 2. The number of urea groups is 1. The van der Waals surface area contributed by atoms with Crippen molar-refractivity contribution < 1.29 is 24.2 Å². The van der Waals surface area contributed by atoms with Gasteiger partial charge in [0.2, 0.25) is 0 Å². The van der Waals surface area contributed by atoms with E-state index in [9.17, 15) is 14.7 Å². The molecule has 226 valence electrons. The number of hydrogen-bond acceptors (Lipinski definition) is 8. The van der Waals surface area contributed by atoms with E-state index in [1.807, 2.05) is 56.3 Å². The lowest BCUT2D eigenvalue weighted by Crippen LogP contribution is -2.41. The molecule has 13 nitrogen and oxygen atoms in total. The van der Waals surface area contributed by atoms with Crippen LogP contribution in [-0.4, -0.2) is 75.2 Å². The Kier molecular flexibility index (Phi) is 8.02. The predicted molar refractivity (Wildman–Crippen MR) is 160 cm³/mol. The molecular formula is C30H36N8O5. The van der Waals surface area contributed by atoms with Crippen LogP contribution in [0, 0.1) is 5.92 Å². The van der Waals surface area contributed by atoms with Crippen LogP contribution in [0.15, 0.2) is 60.1 Å². The van der Waals surface area contributed by atoms with E-state index in [0.717, 1.165) is 17.8 Å². The first-order valence-corrected chi connectivity index (χ1v) is 14.4. The van der Waals surface area contributed by atoms with E-state index in [2.05, 4.69) is 40.8 Å². The van der Waals surface area contributed by atoms with Gasteiger partial charge in [-0.3, -0.25) is 5.32 Å². The highest BCUT2D eigenvalue weighted by Gasteiger charge is 2.55. The number of benzene rings is 1. The lowest BCUT2D eigenvalue weighted by Gasteiger charge is -2.27. The number of ether oxygens (including phenoxy) is 2. The van der Waals surface area contributed by atoms with Gasteiger partial charge in [0, 0.05) is 37.9 Å². The maximum atomic E-state index is 12.2. The molecule has 4 heterocycles. The molecular weight excluding hydrogens is 552 g/mol. The zero-order valence-corrected chi connectivity index (χ0v) is 24.0. The number of aromatic amines is 1. The Morgan fingerprint density at radius 3 is 2.81 bits per heavy atom. The molecule has 5 atom stereocenters. The van der Waals surface area contributed by atoms with Crippen molar-refractivity contribution in [3.05, 3.63) is 77.5 Å². The van der Waals surface area contributed by atoms with E-state index in [1.165, 1.54) is 6.20 Å². The van der Waals surface area contributed by atoms with Gasteiger partial charge in [-0.2, -0.15) is 0 Å². The normalized spacial score (nSPS) is 26.0. The Bertz CT molecular complexity index is 1530. The number of H-pyrrole nitrogens is 1. The van der Waals surface area contributed by atoms with Crippen LogP contribution in [-0.2, 0) is 16.0 Å². The molecule has 0 bridgehead atoms. The number of rotatable bonds is 9. The summed E-state index contributed by atoms with van der Waals surface area (Å²) >= 11 is 0. The molecule has 2 aliphatic heterocycles. The molecule has 3 aliphatic rings. The fourth-order valence-corrected chi connectivity index (χ4v) is 6.08. The first-order valence-electron chi connectivity index (χ1n) is 14.4. The van der Waals surface area contributed by atoms with E-state index in [0.29, 0.717) is 43.4 Å². The molecule has 1 aliphatic carbocycles. The summed E-state index contributed by atoms with van der Waals surface area (Å²) in [6.45, 7) is 5.57. The summed E-state index contributed by atoms with van der Waals surface area (Å²) in [7, 11) is 0. The number of anilines is 1. The van der Waals surface area contributed by atoms with Gasteiger partial charge in [0.1, 0.15) is 24.3 Å². The van der Waals surface area contributed by atoms with Crippen molar-refractivity contribution in [2.45, 2.75) is 50.8 Å². The topological polar surface area (TPSA) is 167 Å². The maximum absolute atomic E-state index is 12.2. The smallest absolute Gasteiger partial charge is 0.337 e. The van der Waals surface area contributed by atoms with Crippen LogP contribution in [0.5, 0.6) is 0 Å². The van der Waals surface area contributed by atoms with Crippen molar-refractivity contribution in [1.82, 2.24) is 30.5 Å². The first-order chi connectivity index (χ1) is 20.8. The number of hydrogen-bond donors (Lipinski definition) is 6. The monoisotopic (exact) mass is 588 g/mol. The van der Waals surface area contributed by atoms with Crippen molar-refractivity contribution in [3.63, 3.8) is 0 Å². The molecule has 3 aromatic rings. The standard InChI is InChI=1S/C30H36N8O5/c1-3-33-29(41)37-26-23-27(35-16-34-26)38(17-36-23)22-11-19(12-31-13-20-14-32-15-21(20)28(39)40)24-25(22)43-30(2,42-24)10-9-18-7-5-4-6-8-18/h4-10,14-15,17,19,22,24-25,31-32,35H,3,11-13,16H2,1-2H3,(H,39,40)(H2,33,34,37,41)/b10-9+. The second-order valence-electron chi connectivity index (χ2n) is 11.0. The summed E-state index contributed by atoms with van der Waals surface area (Å²) in [5, 5.41) is 21.8. The summed E-state index contributed by atoms with van der Waals surface area (Å²) in [6.07, 6.45) is 9.13. The molecule has 2 amide bonds. The fraction of sp³-hybridized carbons (Fsp3) is 0.400. The van der Waals surface area contributed by atoms with Crippen LogP contribution in [0.1, 0.15) is 53.5 Å². The van der Waals surface area contributed by atoms with Crippen LogP contribution in [0.4, 0.5) is 10.6 Å². The van der Waals surface area contributed by atoms with Gasteiger partial charge in [-0.05, 0) is 37.5 Å². The summed E-state index contributed by atoms with van der Waals surface area (Å²) in [5.41, 5.74) is 2.55. The molecule has 5 unspecified atom stereocenters. The van der Waals surface area contributed by atoms with Crippen molar-refractivity contribution in [1.29, 1.82) is 0 Å². The molecule has 1 saturated carbocycles. The quantitative estimate of drug-likeness (QED) is 0.222. The summed E-state index contributed by atoms with van der Waals surface area (Å²) < 4.78 is 15.4. The number of carbonyl (C=O) groups excluding carboxylic acids is 1. The third-order valence-corrected chi connectivity index (χ3v) is 8.04. The Morgan fingerprint density at radius 1 is 1.21 bits per heavy atom. The first kappa shape index (κ1) is 28.6. The second kappa shape index (κ2) is 12.0. The van der Waals surface area contributed by atoms with Gasteiger partial charge < -0.3 is 40.1 Å². The second-order valence-corrected chi connectivity index (χ2v) is 11.0. The van der Waals surface area contributed by atoms with Crippen LogP contribution in [0.3, 0.4) is 0 Å². The minimum absolute atomic E-state index is 0.0670. The highest BCUT2D eigenvalue weighted by atomic mass is 16.8. The SMILES string of the molecule is CCNC(=O)NC1=NCNc2c1ncn2C1CC(CNCc2c[nH]cc2C(=O)O)C2OC(C)(/C=C/c3ccccc3)OC21. The molecule has 13 heteroatoms. The lowest BCUT2D eigenvalue weighted by molar-refractivity contribution is -0.136. The third kappa shape index (κ3) is 5.91. The minimum Gasteiger partial charge on any atom is -0.478 e. The maximum Gasteiger partial charge on any atom is 0.337 e. The van der Waals surface area contributed by atoms with Crippen molar-refractivity contribution in [2.24, 2.45) is 10.9 Å². The Morgan fingerprint density at radius 2 is 2.02 bits per heavy atom. The van der Waals surface area contributed by atoms with E-state index in [1.54, 1.807) is 12.5 Å². The molecule has 1 aromatic carbocycles. The van der Waals surface area contributed by atoms with E-state index >= 15 is 0 Å². The Hall–Kier alpha value is -4.46. The molecule has 0 spiro atoms. The van der Waals surface area contributed by atoms with Crippen LogP contribution in [0.25, 0.3) is 6.08 Å². The zero-order chi connectivity index (χ0) is 30.0. The Balaban J connectivity index is 1.24. The zero-order valence-electron chi connectivity index (χ0n) is 24.0. The predicted octanol–water partition coefficient (Wildman–Crippen LogP) is 2.92. The van der Waals surface area contributed by atoms with Gasteiger partial charge in [0.05, 0.1) is 24.0 Å².